The van der Waals surface area contributed by atoms with Crippen LogP contribution in [0, 0.1) is 0 Å². The fourth-order valence-electron chi connectivity index (χ4n) is 0.843. The molecule has 0 spiro atoms. The molecule has 3 heteroatoms. The van der Waals surface area contributed by atoms with Gasteiger partial charge in [-0.15, -0.1) is 0 Å². The Morgan fingerprint density at radius 1 is 1.38 bits per heavy atom. The minimum atomic E-state index is -0.365. The number of halogens is 1. The molecule has 0 aliphatic heterocycles. The lowest BCUT2D eigenvalue weighted by Crippen LogP contribution is -1.94. The van der Waals surface area contributed by atoms with Crippen molar-refractivity contribution in [1.82, 2.24) is 0 Å². The van der Waals surface area contributed by atoms with Crippen molar-refractivity contribution < 1.29 is 9.53 Å². The molecule has 1 aromatic carbocycles. The van der Waals surface area contributed by atoms with E-state index in [9.17, 15) is 4.79 Å². The van der Waals surface area contributed by atoms with E-state index in [0.717, 1.165) is 10.0 Å². The Kier molecular flexibility index (Phi) is 3.71. The maximum atomic E-state index is 10.9. The summed E-state index contributed by atoms with van der Waals surface area (Å²) in [7, 11) is 1.35. The van der Waals surface area contributed by atoms with Crippen LogP contribution in [0.1, 0.15) is 5.56 Å². The zero-order chi connectivity index (χ0) is 9.68. The van der Waals surface area contributed by atoms with Gasteiger partial charge in [-0.05, 0) is 21.5 Å². The third kappa shape index (κ3) is 3.03. The zero-order valence-electron chi connectivity index (χ0n) is 7.16. The van der Waals surface area contributed by atoms with Crippen LogP contribution in [0.25, 0.3) is 4.48 Å². The Bertz CT molecular complexity index is 317. The van der Waals surface area contributed by atoms with E-state index in [2.05, 4.69) is 20.7 Å². The van der Waals surface area contributed by atoms with E-state index in [4.69, 9.17) is 0 Å². The van der Waals surface area contributed by atoms with Crippen molar-refractivity contribution in [3.8, 4) is 0 Å². The van der Waals surface area contributed by atoms with Crippen LogP contribution in [0.3, 0.4) is 0 Å². The number of hydrogen-bond donors (Lipinski definition) is 0. The molecule has 0 amide bonds. The lowest BCUT2D eigenvalue weighted by Gasteiger charge is -1.97. The molecule has 1 aromatic rings. The van der Waals surface area contributed by atoms with Crippen molar-refractivity contribution in [2.24, 2.45) is 0 Å². The van der Waals surface area contributed by atoms with Crippen LogP contribution in [0.4, 0.5) is 0 Å². The van der Waals surface area contributed by atoms with Gasteiger partial charge in [-0.25, -0.2) is 4.79 Å². The molecule has 68 valence electrons. The number of carbonyl (C=O) groups is 1. The Morgan fingerprint density at radius 3 is 2.54 bits per heavy atom. The lowest BCUT2D eigenvalue weighted by atomic mass is 10.2. The smallest absolute Gasteiger partial charge is 0.331 e. The van der Waals surface area contributed by atoms with E-state index in [-0.39, 0.29) is 5.97 Å². The third-order valence-corrected chi connectivity index (χ3v) is 2.18. The Balaban J connectivity index is 2.85. The number of hydrogen-bond acceptors (Lipinski definition) is 2. The first kappa shape index (κ1) is 9.99. The van der Waals surface area contributed by atoms with Crippen LogP contribution >= 0.6 is 15.9 Å². The van der Waals surface area contributed by atoms with E-state index < -0.39 is 0 Å². The van der Waals surface area contributed by atoms with Gasteiger partial charge in [0.25, 0.3) is 0 Å². The van der Waals surface area contributed by atoms with Gasteiger partial charge in [0.1, 0.15) is 0 Å². The standard InChI is InChI=1S/C10H9BrO2/c1-13-10(12)7-9(11)8-5-3-2-4-6-8/h2-7H,1H3/b9-7+. The predicted molar refractivity (Wildman–Crippen MR) is 55.4 cm³/mol. The number of carbonyl (C=O) groups excluding carboxylic acids is 1. The van der Waals surface area contributed by atoms with Crippen molar-refractivity contribution in [3.05, 3.63) is 42.0 Å². The van der Waals surface area contributed by atoms with Crippen molar-refractivity contribution >= 4 is 26.4 Å². The molecule has 2 nitrogen and oxygen atoms in total. The van der Waals surface area contributed by atoms with Gasteiger partial charge in [-0.3, -0.25) is 0 Å². The van der Waals surface area contributed by atoms with Crippen LogP contribution < -0.4 is 0 Å². The number of methoxy groups -OCH3 is 1. The summed E-state index contributed by atoms with van der Waals surface area (Å²) in [5.74, 6) is -0.365. The van der Waals surface area contributed by atoms with Gasteiger partial charge < -0.3 is 4.74 Å². The highest BCUT2D eigenvalue weighted by atomic mass is 79.9. The maximum absolute atomic E-state index is 10.9. The Labute approximate surface area is 85.3 Å². The molecule has 13 heavy (non-hydrogen) atoms. The first-order valence-corrected chi connectivity index (χ1v) is 4.54. The summed E-state index contributed by atoms with van der Waals surface area (Å²) in [5.41, 5.74) is 0.952. The molecule has 0 aromatic heterocycles. The monoisotopic (exact) mass is 240 g/mol. The van der Waals surface area contributed by atoms with Crippen molar-refractivity contribution in [2.75, 3.05) is 7.11 Å². The van der Waals surface area contributed by atoms with Gasteiger partial charge in [0.05, 0.1) is 7.11 Å². The molecule has 1 rings (SSSR count). The molecule has 0 radical (unpaired) electrons. The van der Waals surface area contributed by atoms with Gasteiger partial charge in [0.2, 0.25) is 0 Å². The SMILES string of the molecule is COC(=O)/C=C(/Br)c1ccccc1. The topological polar surface area (TPSA) is 26.3 Å². The normalized spacial score (nSPS) is 11.1. The quantitative estimate of drug-likeness (QED) is 0.587. The average Bonchev–Trinajstić information content (AvgIpc) is 2.19. The van der Waals surface area contributed by atoms with Crippen molar-refractivity contribution in [3.63, 3.8) is 0 Å². The fraction of sp³-hybridized carbons (Fsp3) is 0.100. The zero-order valence-corrected chi connectivity index (χ0v) is 8.74. The molecule has 0 heterocycles. The lowest BCUT2D eigenvalue weighted by molar-refractivity contribution is -0.134. The van der Waals surface area contributed by atoms with Crippen LogP contribution in [-0.4, -0.2) is 13.1 Å². The molecule has 0 unspecified atom stereocenters. The molecule has 0 saturated carbocycles. The summed E-state index contributed by atoms with van der Waals surface area (Å²) in [6, 6.07) is 9.54. The molecular weight excluding hydrogens is 232 g/mol. The largest absolute Gasteiger partial charge is 0.466 e. The molecule has 0 bridgehead atoms. The summed E-state index contributed by atoms with van der Waals surface area (Å²) in [5, 5.41) is 0. The van der Waals surface area contributed by atoms with Crippen LogP contribution in [0.2, 0.25) is 0 Å². The van der Waals surface area contributed by atoms with Gasteiger partial charge in [-0.1, -0.05) is 30.3 Å². The van der Waals surface area contributed by atoms with Gasteiger partial charge >= 0.3 is 5.97 Å². The van der Waals surface area contributed by atoms with E-state index >= 15 is 0 Å². The Morgan fingerprint density at radius 2 is 2.00 bits per heavy atom. The van der Waals surface area contributed by atoms with Gasteiger partial charge in [0, 0.05) is 10.6 Å². The minimum Gasteiger partial charge on any atom is -0.466 e. The fourth-order valence-corrected chi connectivity index (χ4v) is 1.29. The van der Waals surface area contributed by atoms with E-state index in [0.29, 0.717) is 0 Å². The molecule has 0 atom stereocenters. The number of rotatable bonds is 2. The average molecular weight is 241 g/mol. The van der Waals surface area contributed by atoms with Crippen molar-refractivity contribution in [1.29, 1.82) is 0 Å². The first-order chi connectivity index (χ1) is 6.24. The Hall–Kier alpha value is -1.09. The molecule has 0 aliphatic rings. The second-order valence-electron chi connectivity index (χ2n) is 2.38. The third-order valence-electron chi connectivity index (χ3n) is 1.50. The second kappa shape index (κ2) is 4.82. The molecular formula is C10H9BrO2. The highest BCUT2D eigenvalue weighted by Gasteiger charge is 1.99. The molecule has 0 saturated heterocycles. The number of esters is 1. The summed E-state index contributed by atoms with van der Waals surface area (Å²) in [6.45, 7) is 0. The summed E-state index contributed by atoms with van der Waals surface area (Å²) < 4.78 is 5.22. The van der Waals surface area contributed by atoms with Crippen molar-refractivity contribution in [2.45, 2.75) is 0 Å². The van der Waals surface area contributed by atoms with E-state index in [1.54, 1.807) is 0 Å². The molecule has 0 N–H and O–H groups in total. The van der Waals surface area contributed by atoms with Crippen LogP contribution in [0.15, 0.2) is 36.4 Å². The van der Waals surface area contributed by atoms with Crippen LogP contribution in [-0.2, 0) is 9.53 Å². The second-order valence-corrected chi connectivity index (χ2v) is 3.24. The maximum Gasteiger partial charge on any atom is 0.331 e. The first-order valence-electron chi connectivity index (χ1n) is 3.74. The van der Waals surface area contributed by atoms with E-state index in [1.807, 2.05) is 30.3 Å². The number of ether oxygens (including phenoxy) is 1. The predicted octanol–water partition coefficient (Wildman–Crippen LogP) is 2.60. The number of benzene rings is 1. The van der Waals surface area contributed by atoms with Gasteiger partial charge in [-0.2, -0.15) is 0 Å². The summed E-state index contributed by atoms with van der Waals surface area (Å²) in [4.78, 5) is 10.9. The summed E-state index contributed by atoms with van der Waals surface area (Å²) >= 11 is 3.29. The van der Waals surface area contributed by atoms with Crippen LogP contribution in [0.5, 0.6) is 0 Å². The van der Waals surface area contributed by atoms with Gasteiger partial charge in [0.15, 0.2) is 0 Å². The molecule has 0 fully saturated rings. The highest BCUT2D eigenvalue weighted by Crippen LogP contribution is 2.20. The molecule has 0 aliphatic carbocycles. The van der Waals surface area contributed by atoms with E-state index in [1.165, 1.54) is 13.2 Å². The highest BCUT2D eigenvalue weighted by molar-refractivity contribution is 9.15. The minimum absolute atomic E-state index is 0.365. The summed E-state index contributed by atoms with van der Waals surface area (Å²) in [6.07, 6.45) is 1.40.